The zero-order valence-electron chi connectivity index (χ0n) is 19.8. The van der Waals surface area contributed by atoms with Gasteiger partial charge in [0.2, 0.25) is 10.0 Å². The molecule has 2 N–H and O–H groups in total. The molecule has 0 aliphatic rings. The van der Waals surface area contributed by atoms with Crippen LogP contribution in [-0.4, -0.2) is 33.3 Å². The fraction of sp³-hybridized carbons (Fsp3) is 0.200. The van der Waals surface area contributed by atoms with Crippen LogP contribution in [0.15, 0.2) is 53.6 Å². The molecule has 5 rings (SSSR count). The maximum Gasteiger partial charge on any atom is 0.274 e. The van der Waals surface area contributed by atoms with Gasteiger partial charge >= 0.3 is 0 Å². The summed E-state index contributed by atoms with van der Waals surface area (Å²) in [5.41, 5.74) is 3.04. The van der Waals surface area contributed by atoms with E-state index in [2.05, 4.69) is 14.7 Å². The van der Waals surface area contributed by atoms with Gasteiger partial charge in [-0.05, 0) is 43.7 Å². The van der Waals surface area contributed by atoms with Crippen molar-refractivity contribution in [3.05, 3.63) is 82.2 Å². The predicted molar refractivity (Wildman–Crippen MR) is 136 cm³/mol. The van der Waals surface area contributed by atoms with Crippen LogP contribution in [0.5, 0.6) is 0 Å². The molecule has 0 amide bonds. The van der Waals surface area contributed by atoms with Crippen molar-refractivity contribution in [2.75, 3.05) is 10.5 Å². The lowest BCUT2D eigenvalue weighted by atomic mass is 10.0. The molecule has 36 heavy (non-hydrogen) atoms. The van der Waals surface area contributed by atoms with Crippen molar-refractivity contribution in [1.29, 1.82) is 0 Å². The number of nitrogens with one attached hydrogen (secondary N) is 2. The largest absolute Gasteiger partial charge is 0.357 e. The third kappa shape index (κ3) is 4.05. The molecule has 5 aromatic rings. The van der Waals surface area contributed by atoms with Crippen LogP contribution in [0.1, 0.15) is 18.3 Å². The molecule has 2 aromatic carbocycles. The summed E-state index contributed by atoms with van der Waals surface area (Å²) < 4.78 is 58.8. The number of rotatable bonds is 6. The highest BCUT2D eigenvalue weighted by Crippen LogP contribution is 2.35. The van der Waals surface area contributed by atoms with Crippen LogP contribution in [0.25, 0.3) is 33.1 Å². The first-order valence-electron chi connectivity index (χ1n) is 11.2. The van der Waals surface area contributed by atoms with E-state index in [4.69, 9.17) is 0 Å². The molecule has 0 spiro atoms. The third-order valence-corrected chi connectivity index (χ3v) is 7.53. The molecule has 3 aromatic heterocycles. The summed E-state index contributed by atoms with van der Waals surface area (Å²) in [4.78, 5) is 20.1. The van der Waals surface area contributed by atoms with Crippen molar-refractivity contribution in [2.45, 2.75) is 20.4 Å². The van der Waals surface area contributed by atoms with Crippen molar-refractivity contribution in [3.8, 4) is 11.1 Å². The Morgan fingerprint density at radius 3 is 2.64 bits per heavy atom. The van der Waals surface area contributed by atoms with Crippen LogP contribution in [0.4, 0.5) is 14.5 Å². The number of H-pyrrole nitrogens is 1. The van der Waals surface area contributed by atoms with E-state index in [0.717, 1.165) is 6.07 Å². The maximum absolute atomic E-state index is 14.5. The van der Waals surface area contributed by atoms with Gasteiger partial charge in [-0.25, -0.2) is 22.2 Å². The molecule has 3 heterocycles. The number of fused-ring (bicyclic) bond motifs is 2. The molecule has 11 heteroatoms. The van der Waals surface area contributed by atoms with E-state index >= 15 is 0 Å². The average Bonchev–Trinajstić information content (AvgIpc) is 3.43. The van der Waals surface area contributed by atoms with E-state index in [0.29, 0.717) is 38.9 Å². The Bertz CT molecular complexity index is 1820. The minimum Gasteiger partial charge on any atom is -0.357 e. The zero-order valence-corrected chi connectivity index (χ0v) is 20.6. The topological polar surface area (TPSA) is 102 Å². The number of aromatic amines is 1. The van der Waals surface area contributed by atoms with Gasteiger partial charge in [0, 0.05) is 42.0 Å². The summed E-state index contributed by atoms with van der Waals surface area (Å²) in [6.45, 7) is 3.32. The number of benzene rings is 2. The number of hydrogen-bond donors (Lipinski definition) is 2. The Morgan fingerprint density at radius 2 is 1.92 bits per heavy atom. The van der Waals surface area contributed by atoms with E-state index in [1.807, 2.05) is 6.07 Å². The van der Waals surface area contributed by atoms with Gasteiger partial charge < -0.3 is 14.1 Å². The SMILES string of the molecule is CCS(=O)(=O)Nc1cc(-c2cn(C)c(=O)c3[nH]ccc23)cc2c1nc(C)n2Cc1ccc(F)cc1F. The van der Waals surface area contributed by atoms with Gasteiger partial charge in [-0.15, -0.1) is 0 Å². The number of pyridine rings is 1. The van der Waals surface area contributed by atoms with Crippen LogP contribution in [0.3, 0.4) is 0 Å². The third-order valence-electron chi connectivity index (χ3n) is 6.24. The van der Waals surface area contributed by atoms with Crippen LogP contribution in [-0.2, 0) is 23.6 Å². The predicted octanol–water partition coefficient (Wildman–Crippen LogP) is 4.28. The molecule has 0 atom stereocenters. The number of imidazole rings is 1. The summed E-state index contributed by atoms with van der Waals surface area (Å²) in [5.74, 6) is -0.977. The Balaban J connectivity index is 1.79. The standard InChI is InChI=1S/C25H23F2N5O3S/c1-4-36(34,35)30-21-9-16(19-13-31(3)25(33)23-18(19)7-8-28-23)10-22-24(21)29-14(2)32(22)12-15-5-6-17(26)11-20(15)27/h5-11,13,28,30H,4,12H2,1-3H3. The van der Waals surface area contributed by atoms with Gasteiger partial charge in [-0.3, -0.25) is 9.52 Å². The Labute approximate surface area is 205 Å². The molecule has 0 aliphatic carbocycles. The molecule has 186 valence electrons. The van der Waals surface area contributed by atoms with Crippen molar-refractivity contribution >= 4 is 37.6 Å². The van der Waals surface area contributed by atoms with E-state index in [1.54, 1.807) is 43.1 Å². The van der Waals surface area contributed by atoms with E-state index in [1.165, 1.54) is 23.6 Å². The quantitative estimate of drug-likeness (QED) is 0.355. The summed E-state index contributed by atoms with van der Waals surface area (Å²) in [6, 6.07) is 8.67. The molecule has 0 radical (unpaired) electrons. The lowest BCUT2D eigenvalue weighted by molar-refractivity contribution is 0.566. The molecule has 0 bridgehead atoms. The minimum absolute atomic E-state index is 0.0602. The number of halogens is 2. The van der Waals surface area contributed by atoms with Gasteiger partial charge in [0.25, 0.3) is 5.56 Å². The summed E-state index contributed by atoms with van der Waals surface area (Å²) in [5, 5.41) is 0.675. The lowest BCUT2D eigenvalue weighted by Gasteiger charge is -2.13. The molecule has 8 nitrogen and oxygen atoms in total. The Kier molecular flexibility index (Phi) is 5.67. The number of aryl methyl sites for hydroxylation is 2. The van der Waals surface area contributed by atoms with E-state index < -0.39 is 21.7 Å². The second-order valence-electron chi connectivity index (χ2n) is 8.60. The maximum atomic E-state index is 14.5. The van der Waals surface area contributed by atoms with E-state index in [-0.39, 0.29) is 29.1 Å². The van der Waals surface area contributed by atoms with Gasteiger partial charge in [0.15, 0.2) is 0 Å². The van der Waals surface area contributed by atoms with Gasteiger partial charge in [0.05, 0.1) is 23.5 Å². The molecular weight excluding hydrogens is 488 g/mol. The molecule has 0 saturated carbocycles. The summed E-state index contributed by atoms with van der Waals surface area (Å²) >= 11 is 0. The normalized spacial score (nSPS) is 12.0. The van der Waals surface area contributed by atoms with Crippen LogP contribution < -0.4 is 10.3 Å². The highest BCUT2D eigenvalue weighted by atomic mass is 32.2. The van der Waals surface area contributed by atoms with Gasteiger partial charge in [-0.2, -0.15) is 0 Å². The smallest absolute Gasteiger partial charge is 0.274 e. The van der Waals surface area contributed by atoms with Crippen molar-refractivity contribution in [1.82, 2.24) is 19.1 Å². The van der Waals surface area contributed by atoms with Crippen molar-refractivity contribution in [3.63, 3.8) is 0 Å². The first kappa shape index (κ1) is 23.7. The Hall–Kier alpha value is -3.99. The van der Waals surface area contributed by atoms with Crippen LogP contribution in [0, 0.1) is 18.6 Å². The Morgan fingerprint density at radius 1 is 1.14 bits per heavy atom. The highest BCUT2D eigenvalue weighted by Gasteiger charge is 2.20. The molecule has 0 saturated heterocycles. The summed E-state index contributed by atoms with van der Waals surface area (Å²) in [6.07, 6.45) is 3.35. The second kappa shape index (κ2) is 8.59. The number of sulfonamides is 1. The highest BCUT2D eigenvalue weighted by molar-refractivity contribution is 7.92. The van der Waals surface area contributed by atoms with Crippen molar-refractivity contribution in [2.24, 2.45) is 7.05 Å². The number of anilines is 1. The van der Waals surface area contributed by atoms with Crippen LogP contribution in [0.2, 0.25) is 0 Å². The number of aromatic nitrogens is 4. The number of nitrogens with zero attached hydrogens (tertiary/aromatic N) is 3. The first-order valence-corrected chi connectivity index (χ1v) is 12.9. The first-order chi connectivity index (χ1) is 17.1. The molecule has 0 aliphatic heterocycles. The van der Waals surface area contributed by atoms with Crippen LogP contribution >= 0.6 is 0 Å². The molecule has 0 unspecified atom stereocenters. The average molecular weight is 512 g/mol. The van der Waals surface area contributed by atoms with Gasteiger partial charge in [-0.1, -0.05) is 6.07 Å². The summed E-state index contributed by atoms with van der Waals surface area (Å²) in [7, 11) is -2.01. The fourth-order valence-corrected chi connectivity index (χ4v) is 4.97. The van der Waals surface area contributed by atoms with E-state index in [9.17, 15) is 22.0 Å². The number of hydrogen-bond acceptors (Lipinski definition) is 4. The minimum atomic E-state index is -3.65. The zero-order chi connectivity index (χ0) is 25.8. The second-order valence-corrected chi connectivity index (χ2v) is 10.6. The monoisotopic (exact) mass is 511 g/mol. The molecule has 0 fully saturated rings. The van der Waals surface area contributed by atoms with Gasteiger partial charge in [0.1, 0.15) is 28.5 Å². The van der Waals surface area contributed by atoms with Crippen molar-refractivity contribution < 1.29 is 17.2 Å². The lowest BCUT2D eigenvalue weighted by Crippen LogP contribution is -2.17. The molecular formula is C25H23F2N5O3S. The fourth-order valence-electron chi connectivity index (χ4n) is 4.33.